The summed E-state index contributed by atoms with van der Waals surface area (Å²) in [5.74, 6) is 0. The van der Waals surface area contributed by atoms with Crippen molar-refractivity contribution >= 4 is 55.4 Å². The molecule has 0 N–H and O–H groups in total. The molecule has 174 valence electrons. The van der Waals surface area contributed by atoms with Crippen molar-refractivity contribution in [2.45, 2.75) is 6.42 Å². The largest absolute Gasteiger partial charge is 0.309 e. The van der Waals surface area contributed by atoms with Crippen molar-refractivity contribution < 1.29 is 0 Å². The average Bonchev–Trinajstić information content (AvgIpc) is 3.49. The highest BCUT2D eigenvalue weighted by Gasteiger charge is 2.29. The van der Waals surface area contributed by atoms with E-state index in [-0.39, 0.29) is 0 Å². The van der Waals surface area contributed by atoms with Gasteiger partial charge in [-0.1, -0.05) is 84.4 Å². The lowest BCUT2D eigenvalue weighted by Gasteiger charge is -2.20. The van der Waals surface area contributed by atoms with E-state index in [0.717, 1.165) is 39.6 Å². The number of allylic oxidation sites excluding steroid dienone is 1. The number of hydrogen-bond donors (Lipinski definition) is 0. The topological polar surface area (TPSA) is 17.3 Å². The number of aromatic nitrogens is 1. The second-order valence-electron chi connectivity index (χ2n) is 9.73. The first kappa shape index (κ1) is 20.8. The first-order valence-corrected chi connectivity index (χ1v) is 12.9. The highest BCUT2D eigenvalue weighted by Crippen LogP contribution is 2.46. The van der Waals surface area contributed by atoms with E-state index in [4.69, 9.17) is 16.6 Å². The van der Waals surface area contributed by atoms with Crippen molar-refractivity contribution in [2.75, 3.05) is 0 Å². The molecule has 1 aliphatic carbocycles. The maximum absolute atomic E-state index is 7.08. The third-order valence-corrected chi connectivity index (χ3v) is 8.05. The first-order chi connectivity index (χ1) is 18.3. The van der Waals surface area contributed by atoms with Gasteiger partial charge in [0.15, 0.2) is 0 Å². The summed E-state index contributed by atoms with van der Waals surface area (Å²) in [7, 11) is 0. The Labute approximate surface area is 219 Å². The minimum Gasteiger partial charge on any atom is -0.309 e. The van der Waals surface area contributed by atoms with Crippen molar-refractivity contribution in [1.29, 1.82) is 0 Å². The zero-order valence-electron chi connectivity index (χ0n) is 19.9. The molecule has 1 aromatic heterocycles. The van der Waals surface area contributed by atoms with Crippen LogP contribution in [0.2, 0.25) is 0 Å². The zero-order chi connectivity index (χ0) is 24.5. The monoisotopic (exact) mass is 492 g/mol. The molecule has 0 radical (unpaired) electrons. The second kappa shape index (κ2) is 7.80. The first-order valence-electron chi connectivity index (χ1n) is 12.6. The van der Waals surface area contributed by atoms with Crippen molar-refractivity contribution in [1.82, 2.24) is 4.57 Å². The van der Waals surface area contributed by atoms with Crippen LogP contribution in [0.3, 0.4) is 0 Å². The van der Waals surface area contributed by atoms with Gasteiger partial charge in [-0.15, -0.1) is 0 Å². The molecule has 0 bridgehead atoms. The van der Waals surface area contributed by atoms with Gasteiger partial charge in [0.05, 0.1) is 27.5 Å². The maximum Gasteiger partial charge on any atom is 0.0712 e. The lowest BCUT2D eigenvalue weighted by molar-refractivity contribution is 1.18. The number of para-hydroxylation sites is 3. The van der Waals surface area contributed by atoms with Crippen molar-refractivity contribution in [3.8, 4) is 16.8 Å². The van der Waals surface area contributed by atoms with Gasteiger partial charge in [-0.2, -0.15) is 0 Å². The summed E-state index contributed by atoms with van der Waals surface area (Å²) >= 11 is 7.08. The number of benzene rings is 5. The van der Waals surface area contributed by atoms with Gasteiger partial charge in [-0.05, 0) is 64.7 Å². The minimum atomic E-state index is 0.800. The molecular weight excluding hydrogens is 472 g/mol. The average molecular weight is 493 g/mol. The van der Waals surface area contributed by atoms with Gasteiger partial charge < -0.3 is 4.57 Å². The van der Waals surface area contributed by atoms with Crippen LogP contribution in [0.25, 0.3) is 49.2 Å². The second-order valence-corrected chi connectivity index (χ2v) is 10.1. The third-order valence-electron chi connectivity index (χ3n) is 7.66. The lowest BCUT2D eigenvalue weighted by atomic mass is 9.86. The normalized spacial score (nSPS) is 14.0. The van der Waals surface area contributed by atoms with Crippen molar-refractivity contribution in [3.05, 3.63) is 132 Å². The van der Waals surface area contributed by atoms with E-state index >= 15 is 0 Å². The Morgan fingerprint density at radius 2 is 1.35 bits per heavy atom. The molecule has 1 aliphatic heterocycles. The third kappa shape index (κ3) is 3.03. The molecule has 5 aromatic carbocycles. The number of halogens is 1. The highest BCUT2D eigenvalue weighted by atomic mass is 35.5. The number of hydrogen-bond acceptors (Lipinski definition) is 1. The standard InChI is InChI=1S/C34H21ClN2/c35-34-27-18-21(14-15-23(27)20-30-33(34)26-11-4-6-12-29(26)36-30)22-16-17-32-28(19-22)25-10-5-7-13-31(25)37(32)24-8-2-1-3-9-24/h1-19H,20H2. The molecule has 0 amide bonds. The Balaban J connectivity index is 1.30. The molecule has 8 rings (SSSR count). The van der Waals surface area contributed by atoms with Crippen LogP contribution in [-0.4, -0.2) is 10.3 Å². The molecule has 2 heterocycles. The van der Waals surface area contributed by atoms with Gasteiger partial charge in [0.2, 0.25) is 0 Å². The van der Waals surface area contributed by atoms with Crippen molar-refractivity contribution in [2.24, 2.45) is 4.99 Å². The fourth-order valence-electron chi connectivity index (χ4n) is 5.95. The van der Waals surface area contributed by atoms with Gasteiger partial charge in [-0.25, -0.2) is 0 Å². The molecule has 0 saturated heterocycles. The zero-order valence-corrected chi connectivity index (χ0v) is 20.7. The van der Waals surface area contributed by atoms with Crippen LogP contribution in [0.4, 0.5) is 5.69 Å². The summed E-state index contributed by atoms with van der Waals surface area (Å²) in [5.41, 5.74) is 12.6. The summed E-state index contributed by atoms with van der Waals surface area (Å²) in [6, 6.07) is 41.0. The SMILES string of the molecule is ClC1=C2C(=Nc3ccccc32)Cc2ccc(-c3ccc4c(c3)c3ccccc3n4-c3ccccc3)cc21. The van der Waals surface area contributed by atoms with Crippen molar-refractivity contribution in [3.63, 3.8) is 0 Å². The van der Waals surface area contributed by atoms with Crippen LogP contribution in [-0.2, 0) is 6.42 Å². The predicted octanol–water partition coefficient (Wildman–Crippen LogP) is 9.20. The number of fused-ring (bicyclic) bond motifs is 7. The molecule has 0 unspecified atom stereocenters. The van der Waals surface area contributed by atoms with Crippen LogP contribution in [0.5, 0.6) is 0 Å². The van der Waals surface area contributed by atoms with E-state index in [1.54, 1.807) is 0 Å². The Morgan fingerprint density at radius 1 is 0.622 bits per heavy atom. The summed E-state index contributed by atoms with van der Waals surface area (Å²) in [6.45, 7) is 0. The molecular formula is C34H21ClN2. The van der Waals surface area contributed by atoms with Crippen LogP contribution in [0.15, 0.2) is 120 Å². The van der Waals surface area contributed by atoms with E-state index < -0.39 is 0 Å². The molecule has 2 nitrogen and oxygen atoms in total. The summed E-state index contributed by atoms with van der Waals surface area (Å²) in [6.07, 6.45) is 0.805. The Bertz CT molecular complexity index is 1960. The number of nitrogens with zero attached hydrogens (tertiary/aromatic N) is 2. The fourth-order valence-corrected chi connectivity index (χ4v) is 6.34. The van der Waals surface area contributed by atoms with Crippen LogP contribution in [0.1, 0.15) is 16.7 Å². The van der Waals surface area contributed by atoms with Gasteiger partial charge in [0, 0.05) is 34.0 Å². The van der Waals surface area contributed by atoms with E-state index in [1.165, 1.54) is 44.2 Å². The van der Waals surface area contributed by atoms with Crippen LogP contribution < -0.4 is 0 Å². The summed E-state index contributed by atoms with van der Waals surface area (Å²) in [4.78, 5) is 4.87. The molecule has 6 aromatic rings. The number of aliphatic imine (C=N–C) groups is 1. The van der Waals surface area contributed by atoms with E-state index in [1.807, 2.05) is 6.07 Å². The molecule has 0 spiro atoms. The summed E-state index contributed by atoms with van der Waals surface area (Å²) < 4.78 is 2.35. The Morgan fingerprint density at radius 3 is 2.27 bits per heavy atom. The maximum atomic E-state index is 7.08. The molecule has 37 heavy (non-hydrogen) atoms. The van der Waals surface area contributed by atoms with Gasteiger partial charge in [-0.3, -0.25) is 4.99 Å². The fraction of sp³-hybridized carbons (Fsp3) is 0.0294. The molecule has 0 saturated carbocycles. The van der Waals surface area contributed by atoms with E-state index in [0.29, 0.717) is 0 Å². The minimum absolute atomic E-state index is 0.800. The highest BCUT2D eigenvalue weighted by molar-refractivity contribution is 6.59. The van der Waals surface area contributed by atoms with E-state index in [9.17, 15) is 0 Å². The smallest absolute Gasteiger partial charge is 0.0712 e. The van der Waals surface area contributed by atoms with Gasteiger partial charge >= 0.3 is 0 Å². The lowest BCUT2D eigenvalue weighted by Crippen LogP contribution is -2.11. The number of rotatable bonds is 2. The van der Waals surface area contributed by atoms with E-state index in [2.05, 4.69) is 114 Å². The van der Waals surface area contributed by atoms with Crippen LogP contribution >= 0.6 is 11.6 Å². The molecule has 0 fully saturated rings. The molecule has 0 atom stereocenters. The van der Waals surface area contributed by atoms with Gasteiger partial charge in [0.1, 0.15) is 0 Å². The quantitative estimate of drug-likeness (QED) is 0.229. The molecule has 3 heteroatoms. The Hall–Kier alpha value is -4.40. The predicted molar refractivity (Wildman–Crippen MR) is 156 cm³/mol. The Kier molecular flexibility index (Phi) is 4.37. The van der Waals surface area contributed by atoms with Gasteiger partial charge in [0.25, 0.3) is 0 Å². The van der Waals surface area contributed by atoms with Crippen LogP contribution in [0, 0.1) is 0 Å². The summed E-state index contributed by atoms with van der Waals surface area (Å²) in [5, 5.41) is 3.30. The molecule has 2 aliphatic rings.